The van der Waals surface area contributed by atoms with Crippen molar-refractivity contribution in [3.05, 3.63) is 77.6 Å². The van der Waals surface area contributed by atoms with Gasteiger partial charge in [-0.05, 0) is 41.1 Å². The lowest BCUT2D eigenvalue weighted by Gasteiger charge is -2.07. The van der Waals surface area contributed by atoms with Gasteiger partial charge in [-0.1, -0.05) is 30.3 Å². The summed E-state index contributed by atoms with van der Waals surface area (Å²) in [5.74, 6) is -0.140. The van der Waals surface area contributed by atoms with E-state index >= 15 is 0 Å². The van der Waals surface area contributed by atoms with Gasteiger partial charge in [-0.2, -0.15) is 0 Å². The Bertz CT molecular complexity index is 1050. The van der Waals surface area contributed by atoms with Crippen molar-refractivity contribution in [3.8, 4) is 0 Å². The van der Waals surface area contributed by atoms with Crippen LogP contribution in [-0.2, 0) is 22.0 Å². The van der Waals surface area contributed by atoms with Crippen LogP contribution in [0.25, 0.3) is 10.8 Å². The first-order valence-electron chi connectivity index (χ1n) is 8.31. The fourth-order valence-electron chi connectivity index (χ4n) is 2.83. The van der Waals surface area contributed by atoms with E-state index in [2.05, 4.69) is 10.3 Å². The van der Waals surface area contributed by atoms with Crippen molar-refractivity contribution in [2.75, 3.05) is 12.8 Å². The molecule has 1 N–H and O–H groups in total. The van der Waals surface area contributed by atoms with Crippen molar-refractivity contribution in [1.82, 2.24) is 10.3 Å². The van der Waals surface area contributed by atoms with Crippen LogP contribution in [0.15, 0.2) is 60.9 Å². The number of pyridine rings is 1. The first kappa shape index (κ1) is 18.1. The van der Waals surface area contributed by atoms with Crippen LogP contribution in [0.4, 0.5) is 0 Å². The first-order chi connectivity index (χ1) is 12.5. The molecule has 0 atom stereocenters. The van der Waals surface area contributed by atoms with Gasteiger partial charge >= 0.3 is 0 Å². The number of sulfone groups is 1. The monoisotopic (exact) mass is 368 g/mol. The molecule has 0 bridgehead atoms. The highest BCUT2D eigenvalue weighted by Crippen LogP contribution is 2.17. The maximum absolute atomic E-state index is 12.5. The van der Waals surface area contributed by atoms with Gasteiger partial charge in [0.25, 0.3) is 5.91 Å². The van der Waals surface area contributed by atoms with Gasteiger partial charge in [0.2, 0.25) is 0 Å². The van der Waals surface area contributed by atoms with Crippen LogP contribution in [0.3, 0.4) is 0 Å². The summed E-state index contributed by atoms with van der Waals surface area (Å²) >= 11 is 0. The van der Waals surface area contributed by atoms with Crippen LogP contribution < -0.4 is 5.32 Å². The van der Waals surface area contributed by atoms with Gasteiger partial charge in [0.15, 0.2) is 9.84 Å². The van der Waals surface area contributed by atoms with Gasteiger partial charge in [0, 0.05) is 30.4 Å². The minimum atomic E-state index is -3.26. The lowest BCUT2D eigenvalue weighted by Crippen LogP contribution is -2.18. The number of aromatic nitrogens is 1. The summed E-state index contributed by atoms with van der Waals surface area (Å²) in [5.41, 5.74) is 2.13. The summed E-state index contributed by atoms with van der Waals surface area (Å²) in [6.45, 7) is 0. The molecular weight excluding hydrogens is 348 g/mol. The molecule has 1 aromatic heterocycles. The van der Waals surface area contributed by atoms with Gasteiger partial charge in [0.1, 0.15) is 0 Å². The molecule has 0 spiro atoms. The topological polar surface area (TPSA) is 76.1 Å². The predicted molar refractivity (Wildman–Crippen MR) is 103 cm³/mol. The molecule has 1 amide bonds. The molecule has 26 heavy (non-hydrogen) atoms. The molecule has 5 nitrogen and oxygen atoms in total. The largest absolute Gasteiger partial charge is 0.355 e. The molecule has 0 aliphatic carbocycles. The Morgan fingerprint density at radius 3 is 2.69 bits per heavy atom. The molecule has 134 valence electrons. The van der Waals surface area contributed by atoms with Crippen LogP contribution >= 0.6 is 0 Å². The molecule has 3 rings (SSSR count). The van der Waals surface area contributed by atoms with Crippen LogP contribution in [0.2, 0.25) is 0 Å². The Morgan fingerprint density at radius 2 is 1.88 bits per heavy atom. The molecule has 3 aromatic rings. The lowest BCUT2D eigenvalue weighted by atomic mass is 10.1. The molecular formula is C20H20N2O3S. The molecule has 0 unspecified atom stereocenters. The minimum absolute atomic E-state index is 0.000397. The van der Waals surface area contributed by atoms with E-state index in [0.717, 1.165) is 21.9 Å². The molecule has 1 heterocycles. The van der Waals surface area contributed by atoms with Crippen molar-refractivity contribution in [2.45, 2.75) is 12.2 Å². The molecule has 0 aliphatic heterocycles. The quantitative estimate of drug-likeness (QED) is 0.726. The van der Waals surface area contributed by atoms with Crippen molar-refractivity contribution in [3.63, 3.8) is 0 Å². The summed E-state index contributed by atoms with van der Waals surface area (Å²) in [5, 5.41) is 4.53. The predicted octanol–water partition coefficient (Wildman–Crippen LogP) is 2.75. The fourth-order valence-corrected chi connectivity index (χ4v) is 4.21. The second kappa shape index (κ2) is 7.66. The summed E-state index contributed by atoms with van der Waals surface area (Å²) < 4.78 is 25.0. The standard InChI is InChI=1S/C20H20N2O3S/c1-21-20(23)18-4-2-3-15(11-18)8-10-26(24,25)14-16-5-6-19-13-22-9-7-17(19)12-16/h2-7,9,11-13H,8,10,14H2,1H3,(H,21,23). The van der Waals surface area contributed by atoms with E-state index in [4.69, 9.17) is 0 Å². The molecule has 6 heteroatoms. The molecule has 0 saturated carbocycles. The highest BCUT2D eigenvalue weighted by Gasteiger charge is 2.13. The normalized spacial score (nSPS) is 11.4. The average molecular weight is 368 g/mol. The molecule has 0 saturated heterocycles. The summed E-state index contributed by atoms with van der Waals surface area (Å²) in [6, 6.07) is 14.5. The van der Waals surface area contributed by atoms with E-state index in [9.17, 15) is 13.2 Å². The third-order valence-corrected chi connectivity index (χ3v) is 5.81. The highest BCUT2D eigenvalue weighted by molar-refractivity contribution is 7.90. The number of carbonyl (C=O) groups is 1. The smallest absolute Gasteiger partial charge is 0.251 e. The van der Waals surface area contributed by atoms with Crippen molar-refractivity contribution < 1.29 is 13.2 Å². The second-order valence-electron chi connectivity index (χ2n) is 6.18. The number of benzene rings is 2. The zero-order chi connectivity index (χ0) is 18.6. The molecule has 2 aromatic carbocycles. The molecule has 0 aliphatic rings. The number of nitrogens with one attached hydrogen (secondary N) is 1. The Morgan fingerprint density at radius 1 is 1.04 bits per heavy atom. The summed E-state index contributed by atoms with van der Waals surface area (Å²) in [7, 11) is -1.69. The van der Waals surface area contributed by atoms with Crippen LogP contribution in [0, 0.1) is 0 Å². The zero-order valence-electron chi connectivity index (χ0n) is 14.5. The van der Waals surface area contributed by atoms with E-state index < -0.39 is 9.84 Å². The summed E-state index contributed by atoms with van der Waals surface area (Å²) in [6.07, 6.45) is 3.83. The highest BCUT2D eigenvalue weighted by atomic mass is 32.2. The number of carbonyl (C=O) groups excluding carboxylic acids is 1. The van der Waals surface area contributed by atoms with E-state index in [-0.39, 0.29) is 17.4 Å². The van der Waals surface area contributed by atoms with Crippen LogP contribution in [0.5, 0.6) is 0 Å². The number of fused-ring (bicyclic) bond motifs is 1. The number of nitrogens with zero attached hydrogens (tertiary/aromatic N) is 1. The van der Waals surface area contributed by atoms with Crippen molar-refractivity contribution in [1.29, 1.82) is 0 Å². The van der Waals surface area contributed by atoms with Gasteiger partial charge in [0.05, 0.1) is 11.5 Å². The number of amides is 1. The van der Waals surface area contributed by atoms with Gasteiger partial charge in [-0.15, -0.1) is 0 Å². The number of hydrogen-bond donors (Lipinski definition) is 1. The summed E-state index contributed by atoms with van der Waals surface area (Å²) in [4.78, 5) is 15.7. The SMILES string of the molecule is CNC(=O)c1cccc(CCS(=O)(=O)Cc2ccc3cnccc3c2)c1. The van der Waals surface area contributed by atoms with Gasteiger partial charge in [-0.25, -0.2) is 8.42 Å². The second-order valence-corrected chi connectivity index (χ2v) is 8.36. The van der Waals surface area contributed by atoms with Crippen LogP contribution in [0.1, 0.15) is 21.5 Å². The molecule has 0 radical (unpaired) electrons. The Balaban J connectivity index is 1.69. The minimum Gasteiger partial charge on any atom is -0.355 e. The van der Waals surface area contributed by atoms with Crippen LogP contribution in [-0.4, -0.2) is 32.1 Å². The average Bonchev–Trinajstić information content (AvgIpc) is 2.65. The van der Waals surface area contributed by atoms with Gasteiger partial charge < -0.3 is 5.32 Å². The maximum Gasteiger partial charge on any atom is 0.251 e. The first-order valence-corrected chi connectivity index (χ1v) is 10.1. The lowest BCUT2D eigenvalue weighted by molar-refractivity contribution is 0.0963. The fraction of sp³-hybridized carbons (Fsp3) is 0.200. The van der Waals surface area contributed by atoms with Crippen molar-refractivity contribution in [2.24, 2.45) is 0 Å². The third-order valence-electron chi connectivity index (χ3n) is 4.21. The number of aryl methyl sites for hydroxylation is 1. The Kier molecular flexibility index (Phi) is 5.32. The van der Waals surface area contributed by atoms with E-state index in [1.165, 1.54) is 0 Å². The Labute approximate surface area is 153 Å². The third kappa shape index (κ3) is 4.46. The Hall–Kier alpha value is -2.73. The van der Waals surface area contributed by atoms with E-state index in [1.54, 1.807) is 37.6 Å². The number of hydrogen-bond acceptors (Lipinski definition) is 4. The zero-order valence-corrected chi connectivity index (χ0v) is 15.3. The number of rotatable bonds is 6. The van der Waals surface area contributed by atoms with E-state index in [0.29, 0.717) is 12.0 Å². The van der Waals surface area contributed by atoms with Crippen molar-refractivity contribution >= 4 is 26.5 Å². The maximum atomic E-state index is 12.5. The molecule has 0 fully saturated rings. The van der Waals surface area contributed by atoms with Gasteiger partial charge in [-0.3, -0.25) is 9.78 Å². The van der Waals surface area contributed by atoms with E-state index in [1.807, 2.05) is 30.3 Å².